The molecule has 1 aromatic carbocycles. The smallest absolute Gasteiger partial charge is 0.132 e. The minimum absolute atomic E-state index is 0.0864. The molecular weight excluding hydrogens is 346 g/mol. The summed E-state index contributed by atoms with van der Waals surface area (Å²) in [6.45, 7) is 4.99. The second-order valence-electron chi connectivity index (χ2n) is 8.04. The van der Waals surface area contributed by atoms with E-state index in [1.807, 2.05) is 0 Å². The highest BCUT2D eigenvalue weighted by atomic mass is 19.1. The SMILES string of the molecule is CCc1cc(N2C[C@H](c3cc(F)cc(F)c3)[C@@H]3[C@H]2C2CCN3CC2)ncn1. The minimum Gasteiger partial charge on any atom is -0.351 e. The monoisotopic (exact) mass is 370 g/mol. The fourth-order valence-corrected chi connectivity index (χ4v) is 5.50. The van der Waals surface area contributed by atoms with Crippen molar-refractivity contribution in [2.24, 2.45) is 5.92 Å². The molecule has 6 heteroatoms. The molecule has 0 spiro atoms. The molecule has 0 amide bonds. The van der Waals surface area contributed by atoms with Crippen LogP contribution in [0.15, 0.2) is 30.6 Å². The lowest BCUT2D eigenvalue weighted by Crippen LogP contribution is -2.60. The van der Waals surface area contributed by atoms with Crippen molar-refractivity contribution < 1.29 is 8.78 Å². The molecule has 0 aliphatic carbocycles. The van der Waals surface area contributed by atoms with Crippen molar-refractivity contribution in [3.05, 3.63) is 53.5 Å². The first-order valence-corrected chi connectivity index (χ1v) is 9.91. The van der Waals surface area contributed by atoms with Crippen molar-refractivity contribution in [3.63, 3.8) is 0 Å². The third-order valence-corrected chi connectivity index (χ3v) is 6.67. The van der Waals surface area contributed by atoms with Crippen molar-refractivity contribution in [1.82, 2.24) is 14.9 Å². The number of piperidine rings is 3. The Morgan fingerprint density at radius 3 is 2.44 bits per heavy atom. The van der Waals surface area contributed by atoms with Gasteiger partial charge in [0.15, 0.2) is 0 Å². The summed E-state index contributed by atoms with van der Waals surface area (Å²) >= 11 is 0. The molecule has 0 radical (unpaired) electrons. The maximum absolute atomic E-state index is 13.9. The predicted molar refractivity (Wildman–Crippen MR) is 99.7 cm³/mol. The average molecular weight is 370 g/mol. The van der Waals surface area contributed by atoms with Crippen LogP contribution in [0, 0.1) is 17.6 Å². The largest absolute Gasteiger partial charge is 0.351 e. The van der Waals surface area contributed by atoms with Crippen molar-refractivity contribution >= 4 is 5.82 Å². The van der Waals surface area contributed by atoms with E-state index in [1.54, 1.807) is 6.33 Å². The first kappa shape index (κ1) is 17.0. The van der Waals surface area contributed by atoms with E-state index >= 15 is 0 Å². The van der Waals surface area contributed by atoms with Gasteiger partial charge >= 0.3 is 0 Å². The van der Waals surface area contributed by atoms with Gasteiger partial charge in [0.05, 0.1) is 0 Å². The third-order valence-electron chi connectivity index (χ3n) is 6.67. The van der Waals surface area contributed by atoms with Crippen LogP contribution < -0.4 is 4.90 Å². The van der Waals surface area contributed by atoms with Gasteiger partial charge in [-0.25, -0.2) is 18.7 Å². The molecule has 5 heterocycles. The van der Waals surface area contributed by atoms with Crippen LogP contribution in [0.4, 0.5) is 14.6 Å². The van der Waals surface area contributed by atoms with E-state index in [4.69, 9.17) is 0 Å². The summed E-state index contributed by atoms with van der Waals surface area (Å²) in [4.78, 5) is 13.8. The predicted octanol–water partition coefficient (Wildman–Crippen LogP) is 3.38. The summed E-state index contributed by atoms with van der Waals surface area (Å²) in [6, 6.07) is 6.69. The summed E-state index contributed by atoms with van der Waals surface area (Å²) in [7, 11) is 0. The molecule has 4 nitrogen and oxygen atoms in total. The maximum Gasteiger partial charge on any atom is 0.132 e. The van der Waals surface area contributed by atoms with E-state index < -0.39 is 11.6 Å². The van der Waals surface area contributed by atoms with Crippen LogP contribution in [-0.4, -0.2) is 46.6 Å². The Bertz CT molecular complexity index is 830. The van der Waals surface area contributed by atoms with Crippen LogP contribution >= 0.6 is 0 Å². The molecule has 0 saturated carbocycles. The average Bonchev–Trinajstić information content (AvgIpc) is 3.11. The molecule has 4 aliphatic heterocycles. The molecule has 3 atom stereocenters. The lowest BCUT2D eigenvalue weighted by Gasteiger charge is -2.51. The molecule has 27 heavy (non-hydrogen) atoms. The summed E-state index contributed by atoms with van der Waals surface area (Å²) < 4.78 is 27.8. The first-order chi connectivity index (χ1) is 13.1. The Labute approximate surface area is 158 Å². The molecule has 0 unspecified atom stereocenters. The summed E-state index contributed by atoms with van der Waals surface area (Å²) in [5, 5.41) is 0. The van der Waals surface area contributed by atoms with Crippen LogP contribution in [0.2, 0.25) is 0 Å². The molecule has 4 aliphatic rings. The molecular formula is C21H24F2N4. The second-order valence-corrected chi connectivity index (χ2v) is 8.04. The van der Waals surface area contributed by atoms with Crippen molar-refractivity contribution in [1.29, 1.82) is 0 Å². The van der Waals surface area contributed by atoms with Crippen molar-refractivity contribution in [2.75, 3.05) is 24.5 Å². The highest BCUT2D eigenvalue weighted by Gasteiger charge is 2.53. The number of fused-ring (bicyclic) bond motifs is 2. The van der Waals surface area contributed by atoms with E-state index in [0.717, 1.165) is 49.2 Å². The molecule has 2 aromatic rings. The number of benzene rings is 1. The number of nitrogens with zero attached hydrogens (tertiary/aromatic N) is 4. The fourth-order valence-electron chi connectivity index (χ4n) is 5.50. The lowest BCUT2D eigenvalue weighted by molar-refractivity contribution is 0.0354. The second kappa shape index (κ2) is 6.51. The lowest BCUT2D eigenvalue weighted by atomic mass is 9.75. The van der Waals surface area contributed by atoms with Gasteiger partial charge in [-0.1, -0.05) is 6.92 Å². The topological polar surface area (TPSA) is 32.3 Å². The summed E-state index contributed by atoms with van der Waals surface area (Å²) in [6.07, 6.45) is 4.88. The molecule has 142 valence electrons. The molecule has 1 aromatic heterocycles. The Hall–Kier alpha value is -2.08. The van der Waals surface area contributed by atoms with Crippen molar-refractivity contribution in [3.8, 4) is 0 Å². The minimum atomic E-state index is -0.494. The zero-order valence-corrected chi connectivity index (χ0v) is 15.5. The van der Waals surface area contributed by atoms with Gasteiger partial charge < -0.3 is 4.90 Å². The van der Waals surface area contributed by atoms with E-state index in [1.165, 1.54) is 25.0 Å². The highest BCUT2D eigenvalue weighted by Crippen LogP contribution is 2.47. The van der Waals surface area contributed by atoms with Gasteiger partial charge in [0, 0.05) is 42.4 Å². The van der Waals surface area contributed by atoms with E-state index in [9.17, 15) is 8.78 Å². The Morgan fingerprint density at radius 2 is 1.74 bits per heavy atom. The van der Waals surface area contributed by atoms with Gasteiger partial charge in [0.1, 0.15) is 23.8 Å². The first-order valence-electron chi connectivity index (χ1n) is 9.91. The Balaban J connectivity index is 1.57. The number of halogens is 2. The fraction of sp³-hybridized carbons (Fsp3) is 0.524. The molecule has 2 bridgehead atoms. The standard InChI is InChI=1S/C21H24F2N4/c1-2-17-10-19(25-12-24-17)27-11-18(14-7-15(22)9-16(23)8-14)21-20(27)13-3-5-26(21)6-4-13/h7-10,12-13,18,20-21H,2-6,11H2,1H3/t18-,20-,21-/m1/s1. The molecule has 0 N–H and O–H groups in total. The highest BCUT2D eigenvalue weighted by molar-refractivity contribution is 5.47. The third kappa shape index (κ3) is 2.81. The van der Waals surface area contributed by atoms with Crippen LogP contribution in [0.25, 0.3) is 0 Å². The zero-order chi connectivity index (χ0) is 18.5. The number of anilines is 1. The number of aryl methyl sites for hydroxylation is 1. The Kier molecular flexibility index (Phi) is 4.11. The molecule has 4 fully saturated rings. The van der Waals surface area contributed by atoms with Crippen LogP contribution in [-0.2, 0) is 6.42 Å². The zero-order valence-electron chi connectivity index (χ0n) is 15.5. The van der Waals surface area contributed by atoms with Gasteiger partial charge in [0.2, 0.25) is 0 Å². The number of hydrogen-bond acceptors (Lipinski definition) is 4. The van der Waals surface area contributed by atoms with Crippen LogP contribution in [0.3, 0.4) is 0 Å². The van der Waals surface area contributed by atoms with Gasteiger partial charge in [-0.05, 0) is 56.0 Å². The van der Waals surface area contributed by atoms with Gasteiger partial charge in [0.25, 0.3) is 0 Å². The van der Waals surface area contributed by atoms with Crippen LogP contribution in [0.1, 0.15) is 36.9 Å². The van der Waals surface area contributed by atoms with E-state index in [0.29, 0.717) is 18.0 Å². The molecule has 6 rings (SSSR count). The van der Waals surface area contributed by atoms with E-state index in [-0.39, 0.29) is 5.92 Å². The van der Waals surface area contributed by atoms with Gasteiger partial charge in [-0.15, -0.1) is 0 Å². The normalized spacial score (nSPS) is 32.0. The number of aromatic nitrogens is 2. The quantitative estimate of drug-likeness (QED) is 0.829. The van der Waals surface area contributed by atoms with E-state index in [2.05, 4.69) is 32.8 Å². The van der Waals surface area contributed by atoms with Crippen molar-refractivity contribution in [2.45, 2.75) is 44.2 Å². The van der Waals surface area contributed by atoms with Gasteiger partial charge in [-0.2, -0.15) is 0 Å². The molecule has 4 saturated heterocycles. The maximum atomic E-state index is 13.9. The number of rotatable bonds is 3. The summed E-state index contributed by atoms with van der Waals surface area (Å²) in [5.41, 5.74) is 1.79. The van der Waals surface area contributed by atoms with Gasteiger partial charge in [-0.3, -0.25) is 4.90 Å². The van der Waals surface area contributed by atoms with Crippen LogP contribution in [0.5, 0.6) is 0 Å². The summed E-state index contributed by atoms with van der Waals surface area (Å²) in [5.74, 6) is 0.661. The number of hydrogen-bond donors (Lipinski definition) is 0. The Morgan fingerprint density at radius 1 is 1.00 bits per heavy atom.